The molecule has 0 atom stereocenters. The van der Waals surface area contributed by atoms with Gasteiger partial charge in [-0.3, -0.25) is 4.79 Å². The Morgan fingerprint density at radius 1 is 1.33 bits per heavy atom. The summed E-state index contributed by atoms with van der Waals surface area (Å²) in [7, 11) is 0. The first-order valence-corrected chi connectivity index (χ1v) is 5.60. The second-order valence-electron chi connectivity index (χ2n) is 3.78. The van der Waals surface area contributed by atoms with Crippen molar-refractivity contribution >= 4 is 5.97 Å². The third-order valence-electron chi connectivity index (χ3n) is 1.84. The number of carbonyl (C=O) groups is 1. The maximum atomic E-state index is 10.9. The lowest BCUT2D eigenvalue weighted by atomic mass is 10.1. The fourth-order valence-electron chi connectivity index (χ4n) is 0.968. The van der Waals surface area contributed by atoms with Crippen LogP contribution in [-0.4, -0.2) is 38.9 Å². The van der Waals surface area contributed by atoms with Gasteiger partial charge in [0.2, 0.25) is 0 Å². The zero-order valence-corrected chi connectivity index (χ0v) is 10.0. The largest absolute Gasteiger partial charge is 0.465 e. The van der Waals surface area contributed by atoms with Gasteiger partial charge in [-0.25, -0.2) is 0 Å². The molecule has 15 heavy (non-hydrogen) atoms. The Kier molecular flexibility index (Phi) is 9.52. The van der Waals surface area contributed by atoms with Crippen molar-refractivity contribution in [1.29, 1.82) is 0 Å². The standard InChI is InChI=1S/C11H23NO3/c1-4-15-11(13)9-12-6-8-14-7-5-10(2)3/h10,12H,4-9H2,1-3H3. The molecule has 0 aliphatic heterocycles. The second-order valence-corrected chi connectivity index (χ2v) is 3.78. The summed E-state index contributed by atoms with van der Waals surface area (Å²) < 4.78 is 10.1. The molecule has 0 fully saturated rings. The summed E-state index contributed by atoms with van der Waals surface area (Å²) in [5.41, 5.74) is 0. The van der Waals surface area contributed by atoms with E-state index < -0.39 is 0 Å². The zero-order valence-electron chi connectivity index (χ0n) is 10.0. The summed E-state index contributed by atoms with van der Waals surface area (Å²) in [4.78, 5) is 10.9. The molecule has 0 aromatic heterocycles. The van der Waals surface area contributed by atoms with E-state index in [0.29, 0.717) is 25.7 Å². The van der Waals surface area contributed by atoms with E-state index in [0.717, 1.165) is 13.0 Å². The number of ether oxygens (including phenoxy) is 2. The Labute approximate surface area is 92.3 Å². The predicted octanol–water partition coefficient (Wildman–Crippen LogP) is 1.20. The lowest BCUT2D eigenvalue weighted by Crippen LogP contribution is -2.28. The molecule has 0 radical (unpaired) electrons. The van der Waals surface area contributed by atoms with E-state index in [-0.39, 0.29) is 12.5 Å². The van der Waals surface area contributed by atoms with Gasteiger partial charge in [0.15, 0.2) is 0 Å². The number of hydrogen-bond donors (Lipinski definition) is 1. The van der Waals surface area contributed by atoms with Gasteiger partial charge in [-0.05, 0) is 19.3 Å². The zero-order chi connectivity index (χ0) is 11.5. The van der Waals surface area contributed by atoms with Gasteiger partial charge in [0.05, 0.1) is 19.8 Å². The summed E-state index contributed by atoms with van der Waals surface area (Å²) in [6.45, 7) is 8.96. The molecular weight excluding hydrogens is 194 g/mol. The average Bonchev–Trinajstić information content (AvgIpc) is 2.16. The monoisotopic (exact) mass is 217 g/mol. The minimum Gasteiger partial charge on any atom is -0.465 e. The Hall–Kier alpha value is -0.610. The highest BCUT2D eigenvalue weighted by molar-refractivity contribution is 5.71. The van der Waals surface area contributed by atoms with Crippen LogP contribution in [0.1, 0.15) is 27.2 Å². The van der Waals surface area contributed by atoms with E-state index in [1.54, 1.807) is 6.92 Å². The van der Waals surface area contributed by atoms with E-state index in [9.17, 15) is 4.79 Å². The Bertz CT molecular complexity index is 160. The van der Waals surface area contributed by atoms with Crippen LogP contribution in [0.3, 0.4) is 0 Å². The van der Waals surface area contributed by atoms with E-state index in [1.807, 2.05) is 0 Å². The van der Waals surface area contributed by atoms with Crippen molar-refractivity contribution in [2.24, 2.45) is 5.92 Å². The van der Waals surface area contributed by atoms with Crippen molar-refractivity contribution in [1.82, 2.24) is 5.32 Å². The number of rotatable bonds is 9. The van der Waals surface area contributed by atoms with Gasteiger partial charge in [0, 0.05) is 13.2 Å². The molecule has 90 valence electrons. The first-order valence-electron chi connectivity index (χ1n) is 5.60. The van der Waals surface area contributed by atoms with Crippen molar-refractivity contribution in [2.75, 3.05) is 32.9 Å². The molecule has 0 aromatic rings. The van der Waals surface area contributed by atoms with E-state index in [4.69, 9.17) is 9.47 Å². The fraction of sp³-hybridized carbons (Fsp3) is 0.909. The van der Waals surface area contributed by atoms with Gasteiger partial charge >= 0.3 is 5.97 Å². The highest BCUT2D eigenvalue weighted by Crippen LogP contribution is 1.98. The summed E-state index contributed by atoms with van der Waals surface area (Å²) >= 11 is 0. The maximum absolute atomic E-state index is 10.9. The second kappa shape index (κ2) is 9.93. The molecule has 1 N–H and O–H groups in total. The van der Waals surface area contributed by atoms with Crippen molar-refractivity contribution in [3.8, 4) is 0 Å². The maximum Gasteiger partial charge on any atom is 0.319 e. The van der Waals surface area contributed by atoms with Gasteiger partial charge < -0.3 is 14.8 Å². The number of carbonyl (C=O) groups excluding carboxylic acids is 1. The SMILES string of the molecule is CCOC(=O)CNCCOCCC(C)C. The minimum atomic E-state index is -0.209. The summed E-state index contributed by atoms with van der Waals surface area (Å²) in [5, 5.41) is 2.96. The molecule has 0 saturated heterocycles. The normalized spacial score (nSPS) is 10.7. The van der Waals surface area contributed by atoms with Crippen LogP contribution >= 0.6 is 0 Å². The third kappa shape index (κ3) is 11.3. The van der Waals surface area contributed by atoms with Crippen LogP contribution < -0.4 is 5.32 Å². The molecular formula is C11H23NO3. The molecule has 0 spiro atoms. The number of esters is 1. The predicted molar refractivity (Wildman–Crippen MR) is 59.8 cm³/mol. The van der Waals surface area contributed by atoms with Crippen LogP contribution in [0.4, 0.5) is 0 Å². The Balaban J connectivity index is 3.08. The van der Waals surface area contributed by atoms with E-state index in [2.05, 4.69) is 19.2 Å². The van der Waals surface area contributed by atoms with Gasteiger partial charge in [-0.2, -0.15) is 0 Å². The molecule has 0 unspecified atom stereocenters. The van der Waals surface area contributed by atoms with Crippen molar-refractivity contribution in [3.63, 3.8) is 0 Å². The Morgan fingerprint density at radius 3 is 2.67 bits per heavy atom. The quantitative estimate of drug-likeness (QED) is 0.466. The lowest BCUT2D eigenvalue weighted by Gasteiger charge is -2.07. The van der Waals surface area contributed by atoms with E-state index >= 15 is 0 Å². The summed E-state index contributed by atoms with van der Waals surface area (Å²) in [5.74, 6) is 0.470. The van der Waals surface area contributed by atoms with Crippen molar-refractivity contribution in [2.45, 2.75) is 27.2 Å². The van der Waals surface area contributed by atoms with Gasteiger partial charge in [-0.1, -0.05) is 13.8 Å². The van der Waals surface area contributed by atoms with Crippen LogP contribution in [0.25, 0.3) is 0 Å². The topological polar surface area (TPSA) is 47.6 Å². The van der Waals surface area contributed by atoms with Crippen LogP contribution in [0.5, 0.6) is 0 Å². The molecule has 0 aromatic carbocycles. The summed E-state index contributed by atoms with van der Waals surface area (Å²) in [6, 6.07) is 0. The molecule has 0 rings (SSSR count). The highest BCUT2D eigenvalue weighted by atomic mass is 16.5. The first-order chi connectivity index (χ1) is 7.16. The molecule has 4 heteroatoms. The molecule has 0 amide bonds. The molecule has 0 aliphatic rings. The molecule has 0 aliphatic carbocycles. The highest BCUT2D eigenvalue weighted by Gasteiger charge is 1.99. The minimum absolute atomic E-state index is 0.209. The van der Waals surface area contributed by atoms with Gasteiger partial charge in [-0.15, -0.1) is 0 Å². The lowest BCUT2D eigenvalue weighted by molar-refractivity contribution is -0.142. The fourth-order valence-corrected chi connectivity index (χ4v) is 0.968. The molecule has 0 heterocycles. The molecule has 0 saturated carbocycles. The van der Waals surface area contributed by atoms with Crippen molar-refractivity contribution < 1.29 is 14.3 Å². The third-order valence-corrected chi connectivity index (χ3v) is 1.84. The van der Waals surface area contributed by atoms with Crippen molar-refractivity contribution in [3.05, 3.63) is 0 Å². The molecule has 0 bridgehead atoms. The number of hydrogen-bond acceptors (Lipinski definition) is 4. The van der Waals surface area contributed by atoms with Crippen LogP contribution in [0.2, 0.25) is 0 Å². The van der Waals surface area contributed by atoms with Gasteiger partial charge in [0.25, 0.3) is 0 Å². The van der Waals surface area contributed by atoms with E-state index in [1.165, 1.54) is 0 Å². The van der Waals surface area contributed by atoms with Gasteiger partial charge in [0.1, 0.15) is 0 Å². The smallest absolute Gasteiger partial charge is 0.319 e. The Morgan fingerprint density at radius 2 is 2.07 bits per heavy atom. The summed E-state index contributed by atoms with van der Waals surface area (Å²) in [6.07, 6.45) is 1.08. The number of nitrogens with one attached hydrogen (secondary N) is 1. The average molecular weight is 217 g/mol. The van der Waals surface area contributed by atoms with Crippen LogP contribution in [0.15, 0.2) is 0 Å². The van der Waals surface area contributed by atoms with Crippen LogP contribution in [-0.2, 0) is 14.3 Å². The van der Waals surface area contributed by atoms with Crippen LogP contribution in [0, 0.1) is 5.92 Å². The first kappa shape index (κ1) is 14.4. The molecule has 4 nitrogen and oxygen atoms in total.